The summed E-state index contributed by atoms with van der Waals surface area (Å²) in [6.07, 6.45) is 0. The van der Waals surface area contributed by atoms with Gasteiger partial charge >= 0.3 is 0 Å². The molecule has 1 saturated heterocycles. The first-order valence-electron chi connectivity index (χ1n) is 6.39. The van der Waals surface area contributed by atoms with Gasteiger partial charge < -0.3 is 5.32 Å². The lowest BCUT2D eigenvalue weighted by molar-refractivity contribution is 0.444. The molecule has 108 valence electrons. The Morgan fingerprint density at radius 1 is 1.37 bits per heavy atom. The van der Waals surface area contributed by atoms with Crippen molar-refractivity contribution in [2.75, 3.05) is 24.6 Å². The summed E-state index contributed by atoms with van der Waals surface area (Å²) < 4.78 is 26.5. The minimum Gasteiger partial charge on any atom is -0.310 e. The van der Waals surface area contributed by atoms with Gasteiger partial charge in [-0.15, -0.1) is 11.3 Å². The maximum Gasteiger partial charge on any atom is 0.243 e. The van der Waals surface area contributed by atoms with Crippen LogP contribution in [0.2, 0.25) is 0 Å². The van der Waals surface area contributed by atoms with Gasteiger partial charge in [-0.25, -0.2) is 8.42 Å². The van der Waals surface area contributed by atoms with Gasteiger partial charge in [0.15, 0.2) is 0 Å². The fourth-order valence-electron chi connectivity index (χ4n) is 1.83. The van der Waals surface area contributed by atoms with Gasteiger partial charge in [-0.3, -0.25) is 0 Å². The Bertz CT molecular complexity index is 505. The molecule has 1 N–H and O–H groups in total. The lowest BCUT2D eigenvalue weighted by Gasteiger charge is -2.25. The topological polar surface area (TPSA) is 49.4 Å². The molecular formula is C12H20N2O2S3. The zero-order chi connectivity index (χ0) is 13.9. The molecule has 0 spiro atoms. The SMILES string of the molecule is CC(C)NCc1cc(S(=O)(=O)N2CCSCC2)cs1. The van der Waals surface area contributed by atoms with E-state index in [1.807, 2.05) is 11.8 Å². The number of nitrogens with zero attached hydrogens (tertiary/aromatic N) is 1. The molecule has 0 aromatic carbocycles. The second kappa shape index (κ2) is 6.58. The van der Waals surface area contributed by atoms with Crippen molar-refractivity contribution in [2.24, 2.45) is 0 Å². The van der Waals surface area contributed by atoms with E-state index in [9.17, 15) is 8.42 Å². The molecular weight excluding hydrogens is 300 g/mol. The summed E-state index contributed by atoms with van der Waals surface area (Å²) in [5.41, 5.74) is 0. The van der Waals surface area contributed by atoms with Crippen LogP contribution >= 0.6 is 23.1 Å². The Morgan fingerprint density at radius 2 is 2.05 bits per heavy atom. The van der Waals surface area contributed by atoms with Gasteiger partial charge in [-0.2, -0.15) is 16.1 Å². The fourth-order valence-corrected chi connectivity index (χ4v) is 5.62. The van der Waals surface area contributed by atoms with Gasteiger partial charge in [0.05, 0.1) is 4.90 Å². The summed E-state index contributed by atoms with van der Waals surface area (Å²) in [6.45, 7) is 6.14. The summed E-state index contributed by atoms with van der Waals surface area (Å²) in [5, 5.41) is 5.06. The molecule has 7 heteroatoms. The lowest BCUT2D eigenvalue weighted by Crippen LogP contribution is -2.37. The molecule has 2 rings (SSSR count). The molecule has 0 bridgehead atoms. The van der Waals surface area contributed by atoms with Crippen LogP contribution in [-0.2, 0) is 16.6 Å². The molecule has 1 fully saturated rings. The number of hydrogen-bond acceptors (Lipinski definition) is 5. The predicted molar refractivity (Wildman–Crippen MR) is 82.4 cm³/mol. The van der Waals surface area contributed by atoms with Gasteiger partial charge in [0.25, 0.3) is 0 Å². The molecule has 4 nitrogen and oxygen atoms in total. The average Bonchev–Trinajstić information content (AvgIpc) is 2.87. The third kappa shape index (κ3) is 3.95. The van der Waals surface area contributed by atoms with E-state index in [0.717, 1.165) is 22.9 Å². The number of rotatable bonds is 5. The highest BCUT2D eigenvalue weighted by Crippen LogP contribution is 2.24. The van der Waals surface area contributed by atoms with Crippen molar-refractivity contribution in [1.82, 2.24) is 9.62 Å². The Hall–Kier alpha value is -0.0800. The van der Waals surface area contributed by atoms with Gasteiger partial charge in [-0.1, -0.05) is 13.8 Å². The summed E-state index contributed by atoms with van der Waals surface area (Å²) in [5.74, 6) is 1.79. The van der Waals surface area contributed by atoms with E-state index < -0.39 is 10.0 Å². The van der Waals surface area contributed by atoms with Crippen LogP contribution in [0.25, 0.3) is 0 Å². The van der Waals surface area contributed by atoms with Crippen LogP contribution in [0.15, 0.2) is 16.3 Å². The minimum absolute atomic E-state index is 0.404. The van der Waals surface area contributed by atoms with Crippen molar-refractivity contribution in [3.8, 4) is 0 Å². The third-order valence-electron chi connectivity index (χ3n) is 2.92. The summed E-state index contributed by atoms with van der Waals surface area (Å²) in [4.78, 5) is 1.52. The number of sulfonamides is 1. The smallest absolute Gasteiger partial charge is 0.243 e. The average molecular weight is 321 g/mol. The number of nitrogens with one attached hydrogen (secondary N) is 1. The summed E-state index contributed by atoms with van der Waals surface area (Å²) in [6, 6.07) is 2.21. The van der Waals surface area contributed by atoms with Crippen LogP contribution in [0, 0.1) is 0 Å². The standard InChI is InChI=1S/C12H20N2O2S3/c1-10(2)13-8-11-7-12(9-18-11)19(15,16)14-3-5-17-6-4-14/h7,9-10,13H,3-6,8H2,1-2H3. The number of thioether (sulfide) groups is 1. The first-order valence-corrected chi connectivity index (χ1v) is 9.86. The van der Waals surface area contributed by atoms with E-state index in [-0.39, 0.29) is 0 Å². The largest absolute Gasteiger partial charge is 0.310 e. The van der Waals surface area contributed by atoms with E-state index in [1.165, 1.54) is 11.3 Å². The normalized spacial score (nSPS) is 18.1. The van der Waals surface area contributed by atoms with Crippen LogP contribution in [0.3, 0.4) is 0 Å². The number of hydrogen-bond donors (Lipinski definition) is 1. The van der Waals surface area contributed by atoms with Crippen LogP contribution in [0.5, 0.6) is 0 Å². The van der Waals surface area contributed by atoms with Crippen LogP contribution in [0.4, 0.5) is 0 Å². The second-order valence-electron chi connectivity index (χ2n) is 4.80. The maximum absolute atomic E-state index is 12.4. The van der Waals surface area contributed by atoms with Crippen molar-refractivity contribution in [3.63, 3.8) is 0 Å². The highest BCUT2D eigenvalue weighted by Gasteiger charge is 2.26. The number of thiophene rings is 1. The van der Waals surface area contributed by atoms with E-state index in [2.05, 4.69) is 19.2 Å². The monoisotopic (exact) mass is 320 g/mol. The van der Waals surface area contributed by atoms with Crippen molar-refractivity contribution < 1.29 is 8.42 Å². The molecule has 1 aromatic rings. The van der Waals surface area contributed by atoms with E-state index in [0.29, 0.717) is 24.0 Å². The van der Waals surface area contributed by atoms with Crippen LogP contribution in [0.1, 0.15) is 18.7 Å². The fraction of sp³-hybridized carbons (Fsp3) is 0.667. The van der Waals surface area contributed by atoms with Crippen molar-refractivity contribution in [2.45, 2.75) is 31.3 Å². The van der Waals surface area contributed by atoms with Crippen molar-refractivity contribution in [3.05, 3.63) is 16.3 Å². The predicted octanol–water partition coefficient (Wildman–Crippen LogP) is 1.98. The van der Waals surface area contributed by atoms with E-state index >= 15 is 0 Å². The van der Waals surface area contributed by atoms with Crippen molar-refractivity contribution in [1.29, 1.82) is 0 Å². The van der Waals surface area contributed by atoms with E-state index in [4.69, 9.17) is 0 Å². The molecule has 0 atom stereocenters. The zero-order valence-corrected chi connectivity index (χ0v) is 13.7. The Kier molecular flexibility index (Phi) is 5.30. The quantitative estimate of drug-likeness (QED) is 0.901. The Balaban J connectivity index is 2.08. The highest BCUT2D eigenvalue weighted by molar-refractivity contribution is 7.99. The molecule has 0 radical (unpaired) electrons. The molecule has 0 aliphatic carbocycles. The molecule has 1 aliphatic rings. The molecule has 1 aromatic heterocycles. The molecule has 0 saturated carbocycles. The Labute approximate surface area is 123 Å². The second-order valence-corrected chi connectivity index (χ2v) is 8.96. The van der Waals surface area contributed by atoms with Crippen LogP contribution in [-0.4, -0.2) is 43.4 Å². The molecule has 0 unspecified atom stereocenters. The highest BCUT2D eigenvalue weighted by atomic mass is 32.2. The minimum atomic E-state index is -3.28. The van der Waals surface area contributed by atoms with E-state index in [1.54, 1.807) is 15.8 Å². The first-order chi connectivity index (χ1) is 9.00. The van der Waals surface area contributed by atoms with Gasteiger partial charge in [0, 0.05) is 47.4 Å². The zero-order valence-electron chi connectivity index (χ0n) is 11.3. The van der Waals surface area contributed by atoms with Gasteiger partial charge in [0.2, 0.25) is 10.0 Å². The molecule has 2 heterocycles. The van der Waals surface area contributed by atoms with Crippen LogP contribution < -0.4 is 5.32 Å². The Morgan fingerprint density at radius 3 is 2.68 bits per heavy atom. The third-order valence-corrected chi connectivity index (χ3v) is 6.83. The first kappa shape index (κ1) is 15.3. The molecule has 0 amide bonds. The van der Waals surface area contributed by atoms with Crippen molar-refractivity contribution >= 4 is 33.1 Å². The lowest BCUT2D eigenvalue weighted by atomic mass is 10.4. The van der Waals surface area contributed by atoms with Gasteiger partial charge in [0.1, 0.15) is 0 Å². The molecule has 1 aliphatic heterocycles. The summed E-state index contributed by atoms with van der Waals surface area (Å²) >= 11 is 3.32. The van der Waals surface area contributed by atoms with Gasteiger partial charge in [-0.05, 0) is 6.07 Å². The maximum atomic E-state index is 12.4. The molecule has 19 heavy (non-hydrogen) atoms. The summed E-state index contributed by atoms with van der Waals surface area (Å²) in [7, 11) is -3.28.